The van der Waals surface area contributed by atoms with Gasteiger partial charge in [-0.2, -0.15) is 5.26 Å². The monoisotopic (exact) mass is 261 g/mol. The quantitative estimate of drug-likeness (QED) is 0.726. The van der Waals surface area contributed by atoms with Gasteiger partial charge in [0.05, 0.1) is 11.6 Å². The molecule has 0 N–H and O–H groups in total. The Morgan fingerprint density at radius 3 is 2.95 bits per heavy atom. The maximum absolute atomic E-state index is 8.98. The Hall–Kier alpha value is -2.60. The van der Waals surface area contributed by atoms with Gasteiger partial charge in [-0.25, -0.2) is 4.98 Å². The van der Waals surface area contributed by atoms with Gasteiger partial charge in [-0.15, -0.1) is 0 Å². The average Bonchev–Trinajstić information content (AvgIpc) is 2.90. The Balaban J connectivity index is 1.85. The van der Waals surface area contributed by atoms with Gasteiger partial charge in [-0.1, -0.05) is 12.1 Å². The van der Waals surface area contributed by atoms with Crippen molar-refractivity contribution in [3.05, 3.63) is 71.2 Å². The minimum Gasteiger partial charge on any atom is -0.304 e. The first kappa shape index (κ1) is 12.4. The number of fused-ring (bicyclic) bond motifs is 1. The summed E-state index contributed by atoms with van der Waals surface area (Å²) in [5, 5.41) is 8.98. The van der Waals surface area contributed by atoms with Crippen molar-refractivity contribution < 1.29 is 0 Å². The van der Waals surface area contributed by atoms with Crippen LogP contribution < -0.4 is 0 Å². The van der Waals surface area contributed by atoms with E-state index >= 15 is 0 Å². The zero-order valence-corrected chi connectivity index (χ0v) is 11.4. The van der Waals surface area contributed by atoms with Crippen molar-refractivity contribution in [1.29, 1.82) is 5.26 Å². The van der Waals surface area contributed by atoms with Crippen LogP contribution in [0.25, 0.3) is 5.65 Å². The molecule has 98 valence electrons. The SMILES string of the molecule is Cc1ccc(C#N)cc1CCc1cnc2ccccn12. The van der Waals surface area contributed by atoms with Crippen molar-refractivity contribution in [2.24, 2.45) is 0 Å². The molecule has 3 nitrogen and oxygen atoms in total. The minimum absolute atomic E-state index is 0.726. The van der Waals surface area contributed by atoms with Crippen LogP contribution in [0.15, 0.2) is 48.8 Å². The normalized spacial score (nSPS) is 10.6. The van der Waals surface area contributed by atoms with Crippen molar-refractivity contribution >= 4 is 5.65 Å². The molecule has 0 amide bonds. The predicted molar refractivity (Wildman–Crippen MR) is 78.5 cm³/mol. The Labute approximate surface area is 118 Å². The van der Waals surface area contributed by atoms with E-state index in [-0.39, 0.29) is 0 Å². The summed E-state index contributed by atoms with van der Waals surface area (Å²) in [4.78, 5) is 4.40. The topological polar surface area (TPSA) is 41.1 Å². The Bertz CT molecular complexity index is 793. The zero-order chi connectivity index (χ0) is 13.9. The van der Waals surface area contributed by atoms with E-state index < -0.39 is 0 Å². The van der Waals surface area contributed by atoms with E-state index in [0.29, 0.717) is 0 Å². The van der Waals surface area contributed by atoms with Crippen LogP contribution in [-0.4, -0.2) is 9.38 Å². The molecule has 0 saturated carbocycles. The van der Waals surface area contributed by atoms with Gasteiger partial charge in [0.25, 0.3) is 0 Å². The number of aryl methyl sites for hydroxylation is 3. The standard InChI is InChI=1S/C17H15N3/c1-13-5-6-14(11-18)10-15(13)7-8-16-12-19-17-4-2-3-9-20(16)17/h2-6,9-10,12H,7-8H2,1H3. The Morgan fingerprint density at radius 1 is 1.20 bits per heavy atom. The summed E-state index contributed by atoms with van der Waals surface area (Å²) in [7, 11) is 0. The third kappa shape index (κ3) is 2.28. The lowest BCUT2D eigenvalue weighted by molar-refractivity contribution is 0.889. The van der Waals surface area contributed by atoms with Crippen molar-refractivity contribution in [3.8, 4) is 6.07 Å². The van der Waals surface area contributed by atoms with Crippen LogP contribution in [0.3, 0.4) is 0 Å². The molecular weight excluding hydrogens is 246 g/mol. The van der Waals surface area contributed by atoms with Gasteiger partial charge in [0.2, 0.25) is 0 Å². The van der Waals surface area contributed by atoms with Gasteiger partial charge in [0.1, 0.15) is 5.65 Å². The Kier molecular flexibility index (Phi) is 3.22. The van der Waals surface area contributed by atoms with Crippen LogP contribution in [0, 0.1) is 18.3 Å². The van der Waals surface area contributed by atoms with Crippen LogP contribution in [0.2, 0.25) is 0 Å². The smallest absolute Gasteiger partial charge is 0.136 e. The highest BCUT2D eigenvalue weighted by molar-refractivity contribution is 5.41. The second-order valence-electron chi connectivity index (χ2n) is 4.93. The van der Waals surface area contributed by atoms with E-state index in [0.717, 1.165) is 24.1 Å². The molecule has 20 heavy (non-hydrogen) atoms. The fourth-order valence-electron chi connectivity index (χ4n) is 2.44. The van der Waals surface area contributed by atoms with E-state index in [1.165, 1.54) is 16.8 Å². The third-order valence-electron chi connectivity index (χ3n) is 3.62. The molecule has 0 unspecified atom stereocenters. The molecule has 3 aromatic rings. The van der Waals surface area contributed by atoms with Gasteiger partial charge in [0, 0.05) is 18.1 Å². The molecular formula is C17H15N3. The molecule has 1 aromatic carbocycles. The first-order chi connectivity index (χ1) is 9.78. The van der Waals surface area contributed by atoms with Gasteiger partial charge in [0.15, 0.2) is 0 Å². The number of rotatable bonds is 3. The number of pyridine rings is 1. The Morgan fingerprint density at radius 2 is 2.10 bits per heavy atom. The molecule has 0 spiro atoms. The summed E-state index contributed by atoms with van der Waals surface area (Å²) in [6.07, 6.45) is 5.81. The van der Waals surface area contributed by atoms with Gasteiger partial charge >= 0.3 is 0 Å². The maximum atomic E-state index is 8.98. The molecule has 0 aliphatic carbocycles. The van der Waals surface area contributed by atoms with Crippen LogP contribution >= 0.6 is 0 Å². The van der Waals surface area contributed by atoms with Crippen molar-refractivity contribution in [3.63, 3.8) is 0 Å². The second kappa shape index (κ2) is 5.18. The third-order valence-corrected chi connectivity index (χ3v) is 3.62. The summed E-state index contributed by atoms with van der Waals surface area (Å²) in [5.74, 6) is 0. The molecule has 0 aliphatic heterocycles. The molecule has 2 heterocycles. The number of nitrogens with zero attached hydrogens (tertiary/aromatic N) is 3. The highest BCUT2D eigenvalue weighted by Crippen LogP contribution is 2.15. The molecule has 0 radical (unpaired) electrons. The van der Waals surface area contributed by atoms with E-state index in [9.17, 15) is 0 Å². The number of imidazole rings is 1. The molecule has 2 aromatic heterocycles. The summed E-state index contributed by atoms with van der Waals surface area (Å²) in [6.45, 7) is 2.09. The second-order valence-corrected chi connectivity index (χ2v) is 4.93. The summed E-state index contributed by atoms with van der Waals surface area (Å²) in [6, 6.07) is 14.1. The first-order valence-corrected chi connectivity index (χ1v) is 6.68. The molecule has 0 saturated heterocycles. The molecule has 0 atom stereocenters. The number of hydrogen-bond donors (Lipinski definition) is 0. The molecule has 0 fully saturated rings. The molecule has 3 heteroatoms. The van der Waals surface area contributed by atoms with Crippen LogP contribution in [0.5, 0.6) is 0 Å². The maximum Gasteiger partial charge on any atom is 0.136 e. The lowest BCUT2D eigenvalue weighted by atomic mass is 10.0. The average molecular weight is 261 g/mol. The summed E-state index contributed by atoms with van der Waals surface area (Å²) in [5.41, 5.74) is 5.36. The van der Waals surface area contributed by atoms with Gasteiger partial charge < -0.3 is 4.40 Å². The van der Waals surface area contributed by atoms with E-state index in [1.807, 2.05) is 48.8 Å². The number of benzene rings is 1. The van der Waals surface area contributed by atoms with Crippen molar-refractivity contribution in [1.82, 2.24) is 9.38 Å². The molecule has 0 bridgehead atoms. The van der Waals surface area contributed by atoms with E-state index in [2.05, 4.69) is 22.4 Å². The summed E-state index contributed by atoms with van der Waals surface area (Å²) >= 11 is 0. The molecule has 3 rings (SSSR count). The number of nitriles is 1. The van der Waals surface area contributed by atoms with Crippen molar-refractivity contribution in [2.45, 2.75) is 19.8 Å². The van der Waals surface area contributed by atoms with Crippen molar-refractivity contribution in [2.75, 3.05) is 0 Å². The van der Waals surface area contributed by atoms with Crippen LogP contribution in [0.1, 0.15) is 22.4 Å². The highest BCUT2D eigenvalue weighted by Gasteiger charge is 2.05. The number of hydrogen-bond acceptors (Lipinski definition) is 2. The van der Waals surface area contributed by atoms with Gasteiger partial charge in [-0.05, 0) is 55.2 Å². The van der Waals surface area contributed by atoms with Gasteiger partial charge in [-0.3, -0.25) is 0 Å². The fourth-order valence-corrected chi connectivity index (χ4v) is 2.44. The van der Waals surface area contributed by atoms with Crippen LogP contribution in [0.4, 0.5) is 0 Å². The highest BCUT2D eigenvalue weighted by atomic mass is 15.0. The minimum atomic E-state index is 0.726. The number of aromatic nitrogens is 2. The van der Waals surface area contributed by atoms with Crippen LogP contribution in [-0.2, 0) is 12.8 Å². The lowest BCUT2D eigenvalue weighted by Gasteiger charge is -2.06. The fraction of sp³-hybridized carbons (Fsp3) is 0.176. The predicted octanol–water partition coefficient (Wildman–Crippen LogP) is 3.30. The largest absolute Gasteiger partial charge is 0.304 e. The lowest BCUT2D eigenvalue weighted by Crippen LogP contribution is -1.98. The first-order valence-electron chi connectivity index (χ1n) is 6.68. The summed E-state index contributed by atoms with van der Waals surface area (Å²) < 4.78 is 2.11. The van der Waals surface area contributed by atoms with E-state index in [1.54, 1.807) is 0 Å². The zero-order valence-electron chi connectivity index (χ0n) is 11.4. The van der Waals surface area contributed by atoms with E-state index in [4.69, 9.17) is 5.26 Å². The molecule has 0 aliphatic rings.